The Kier molecular flexibility index (Phi) is 11.4. The number of rotatable bonds is 7. The molecule has 17 heavy (non-hydrogen) atoms. The van der Waals surface area contributed by atoms with Gasteiger partial charge in [0.15, 0.2) is 0 Å². The Hall–Kier alpha value is -0.610. The first kappa shape index (κ1) is 16.4. The Balaban J connectivity index is 0.000000529. The molecule has 102 valence electrons. The van der Waals surface area contributed by atoms with Gasteiger partial charge in [0, 0.05) is 13.2 Å². The molecule has 0 aliphatic carbocycles. The molecule has 0 aromatic rings. The van der Waals surface area contributed by atoms with Crippen molar-refractivity contribution in [1.29, 1.82) is 0 Å². The van der Waals surface area contributed by atoms with Crippen molar-refractivity contribution in [2.75, 3.05) is 26.4 Å². The highest BCUT2D eigenvalue weighted by Gasteiger charge is 2.16. The van der Waals surface area contributed by atoms with E-state index in [0.717, 1.165) is 38.9 Å². The number of aliphatic hydroxyl groups excluding tert-OH is 1. The van der Waals surface area contributed by atoms with E-state index >= 15 is 0 Å². The van der Waals surface area contributed by atoms with Gasteiger partial charge in [0.25, 0.3) is 0 Å². The fraction of sp³-hybridized carbons (Fsp3) is 0.923. The van der Waals surface area contributed by atoms with Gasteiger partial charge in [-0.15, -0.1) is 0 Å². The lowest BCUT2D eigenvalue weighted by molar-refractivity contribution is -0.149. The zero-order valence-corrected chi connectivity index (χ0v) is 11.1. The summed E-state index contributed by atoms with van der Waals surface area (Å²) in [5.41, 5.74) is 0. The third-order valence-corrected chi connectivity index (χ3v) is 2.65. The Morgan fingerprint density at radius 1 is 1.41 bits per heavy atom. The molecule has 1 fully saturated rings. The minimum absolute atomic E-state index is 0.0199. The molecule has 0 aromatic carbocycles. The van der Waals surface area contributed by atoms with Gasteiger partial charge in [-0.25, -0.2) is 0 Å². The molecular formula is C13H26O4. The van der Waals surface area contributed by atoms with Crippen LogP contribution < -0.4 is 0 Å². The standard InChI is InChI=1S/C10H20O3.C3H6O/c1-3-5-6-9(4-2)10(12)13-8-7-11;1-2-4-3-1/h9,11H,3-8H2,1-2H3;1-3H2. The molecule has 1 heterocycles. The van der Waals surface area contributed by atoms with Crippen LogP contribution in [0.25, 0.3) is 0 Å². The summed E-state index contributed by atoms with van der Waals surface area (Å²) in [6, 6.07) is 0. The average molecular weight is 246 g/mol. The molecule has 0 bridgehead atoms. The molecule has 0 saturated carbocycles. The predicted octanol–water partition coefficient (Wildman–Crippen LogP) is 2.15. The highest BCUT2D eigenvalue weighted by Crippen LogP contribution is 2.13. The van der Waals surface area contributed by atoms with Gasteiger partial charge in [-0.1, -0.05) is 26.7 Å². The van der Waals surface area contributed by atoms with E-state index < -0.39 is 0 Å². The minimum atomic E-state index is -0.162. The molecular weight excluding hydrogens is 220 g/mol. The van der Waals surface area contributed by atoms with Gasteiger partial charge >= 0.3 is 5.97 Å². The molecule has 1 aliphatic rings. The molecule has 0 radical (unpaired) electrons. The number of aliphatic hydroxyl groups is 1. The van der Waals surface area contributed by atoms with Crippen molar-refractivity contribution in [3.63, 3.8) is 0 Å². The van der Waals surface area contributed by atoms with E-state index in [1.165, 1.54) is 6.42 Å². The van der Waals surface area contributed by atoms with Crippen LogP contribution >= 0.6 is 0 Å². The second kappa shape index (κ2) is 11.9. The lowest BCUT2D eigenvalue weighted by Gasteiger charge is -2.12. The number of hydrogen-bond donors (Lipinski definition) is 1. The molecule has 1 unspecified atom stereocenters. The maximum atomic E-state index is 11.3. The van der Waals surface area contributed by atoms with Crippen molar-refractivity contribution in [3.8, 4) is 0 Å². The van der Waals surface area contributed by atoms with E-state index in [2.05, 4.69) is 6.92 Å². The van der Waals surface area contributed by atoms with Crippen molar-refractivity contribution in [2.24, 2.45) is 5.92 Å². The van der Waals surface area contributed by atoms with Crippen LogP contribution in [0.5, 0.6) is 0 Å². The third kappa shape index (κ3) is 9.12. The molecule has 0 spiro atoms. The third-order valence-electron chi connectivity index (χ3n) is 2.65. The summed E-state index contributed by atoms with van der Waals surface area (Å²) in [5.74, 6) is -0.142. The monoisotopic (exact) mass is 246 g/mol. The predicted molar refractivity (Wildman–Crippen MR) is 66.8 cm³/mol. The summed E-state index contributed by atoms with van der Waals surface area (Å²) in [4.78, 5) is 11.3. The number of ether oxygens (including phenoxy) is 2. The Morgan fingerprint density at radius 3 is 2.35 bits per heavy atom. The molecule has 1 N–H and O–H groups in total. The number of carbonyl (C=O) groups excluding carboxylic acids is 1. The topological polar surface area (TPSA) is 55.8 Å². The summed E-state index contributed by atoms with van der Waals surface area (Å²) < 4.78 is 9.57. The van der Waals surface area contributed by atoms with Crippen molar-refractivity contribution in [2.45, 2.75) is 46.0 Å². The quantitative estimate of drug-likeness (QED) is 0.699. The second-order valence-corrected chi connectivity index (χ2v) is 4.10. The molecule has 1 aliphatic heterocycles. The Labute approximate surface area is 104 Å². The van der Waals surface area contributed by atoms with Crippen molar-refractivity contribution in [1.82, 2.24) is 0 Å². The second-order valence-electron chi connectivity index (χ2n) is 4.10. The minimum Gasteiger partial charge on any atom is -0.463 e. The van der Waals surface area contributed by atoms with Gasteiger partial charge in [0.2, 0.25) is 0 Å². The molecule has 4 nitrogen and oxygen atoms in total. The van der Waals surface area contributed by atoms with E-state index in [-0.39, 0.29) is 25.1 Å². The van der Waals surface area contributed by atoms with Crippen molar-refractivity contribution >= 4 is 5.97 Å². The Morgan fingerprint density at radius 2 is 2.00 bits per heavy atom. The molecule has 1 atom stereocenters. The molecule has 0 amide bonds. The van der Waals surface area contributed by atoms with Gasteiger partial charge in [-0.05, 0) is 19.3 Å². The summed E-state index contributed by atoms with van der Waals surface area (Å²) in [6.45, 7) is 6.13. The van der Waals surface area contributed by atoms with Crippen LogP contribution in [-0.4, -0.2) is 37.5 Å². The molecule has 1 saturated heterocycles. The van der Waals surface area contributed by atoms with E-state index in [1.807, 2.05) is 6.92 Å². The van der Waals surface area contributed by atoms with Crippen LogP contribution in [0, 0.1) is 5.92 Å². The van der Waals surface area contributed by atoms with Crippen LogP contribution in [-0.2, 0) is 14.3 Å². The zero-order chi connectivity index (χ0) is 12.9. The van der Waals surface area contributed by atoms with Gasteiger partial charge < -0.3 is 14.6 Å². The van der Waals surface area contributed by atoms with Crippen LogP contribution in [0.1, 0.15) is 46.0 Å². The normalized spacial score (nSPS) is 15.2. The summed E-state index contributed by atoms with van der Waals surface area (Å²) in [6.07, 6.45) is 5.16. The van der Waals surface area contributed by atoms with Gasteiger partial charge in [-0.3, -0.25) is 4.79 Å². The molecule has 4 heteroatoms. The summed E-state index contributed by atoms with van der Waals surface area (Å²) in [5, 5.41) is 8.47. The maximum absolute atomic E-state index is 11.3. The van der Waals surface area contributed by atoms with Gasteiger partial charge in [-0.2, -0.15) is 0 Å². The lowest BCUT2D eigenvalue weighted by atomic mass is 10.00. The first-order valence-electron chi connectivity index (χ1n) is 6.61. The number of hydrogen-bond acceptors (Lipinski definition) is 4. The van der Waals surface area contributed by atoms with Crippen LogP contribution in [0.3, 0.4) is 0 Å². The average Bonchev–Trinajstić information content (AvgIpc) is 2.25. The number of esters is 1. The van der Waals surface area contributed by atoms with Crippen molar-refractivity contribution in [3.05, 3.63) is 0 Å². The Bertz CT molecular complexity index is 174. The number of carbonyl (C=O) groups is 1. The van der Waals surface area contributed by atoms with E-state index in [9.17, 15) is 4.79 Å². The SMILES string of the molecule is C1COC1.CCCCC(CC)C(=O)OCCO. The number of unbranched alkanes of at least 4 members (excludes halogenated alkanes) is 1. The van der Waals surface area contributed by atoms with E-state index in [4.69, 9.17) is 14.6 Å². The van der Waals surface area contributed by atoms with Crippen LogP contribution in [0.15, 0.2) is 0 Å². The van der Waals surface area contributed by atoms with E-state index in [1.54, 1.807) is 0 Å². The summed E-state index contributed by atoms with van der Waals surface area (Å²) in [7, 11) is 0. The highest BCUT2D eigenvalue weighted by atomic mass is 16.5. The van der Waals surface area contributed by atoms with Gasteiger partial charge in [0.1, 0.15) is 6.61 Å². The highest BCUT2D eigenvalue weighted by molar-refractivity contribution is 5.72. The fourth-order valence-corrected chi connectivity index (χ4v) is 1.35. The van der Waals surface area contributed by atoms with Crippen LogP contribution in [0.4, 0.5) is 0 Å². The largest absolute Gasteiger partial charge is 0.463 e. The smallest absolute Gasteiger partial charge is 0.308 e. The maximum Gasteiger partial charge on any atom is 0.308 e. The first-order chi connectivity index (χ1) is 8.26. The van der Waals surface area contributed by atoms with Crippen molar-refractivity contribution < 1.29 is 19.4 Å². The molecule has 1 rings (SSSR count). The van der Waals surface area contributed by atoms with Gasteiger partial charge in [0.05, 0.1) is 12.5 Å². The molecule has 0 aromatic heterocycles. The van der Waals surface area contributed by atoms with Crippen LogP contribution in [0.2, 0.25) is 0 Å². The lowest BCUT2D eigenvalue weighted by Crippen LogP contribution is -2.18. The summed E-state index contributed by atoms with van der Waals surface area (Å²) >= 11 is 0. The first-order valence-corrected chi connectivity index (χ1v) is 6.61. The van der Waals surface area contributed by atoms with E-state index in [0.29, 0.717) is 0 Å². The fourth-order valence-electron chi connectivity index (χ4n) is 1.35. The zero-order valence-electron chi connectivity index (χ0n) is 11.1.